The molecular formula is C21H30N4O3. The zero-order valence-corrected chi connectivity index (χ0v) is 17.0. The summed E-state index contributed by atoms with van der Waals surface area (Å²) in [6.45, 7) is 12.9. The van der Waals surface area contributed by atoms with E-state index in [0.717, 1.165) is 44.0 Å². The predicted octanol–water partition coefficient (Wildman–Crippen LogP) is 2.50. The largest absolute Gasteiger partial charge is 0.494 e. The van der Waals surface area contributed by atoms with Crippen LogP contribution in [0.25, 0.3) is 11.3 Å². The number of nitrogens with zero attached hydrogens (tertiary/aromatic N) is 3. The molecule has 1 unspecified atom stereocenters. The van der Waals surface area contributed by atoms with Crippen LogP contribution in [0.1, 0.15) is 31.3 Å². The number of ether oxygens (including phenoxy) is 1. The molecule has 1 atom stereocenters. The van der Waals surface area contributed by atoms with Crippen molar-refractivity contribution in [1.29, 1.82) is 0 Å². The third kappa shape index (κ3) is 5.11. The van der Waals surface area contributed by atoms with Crippen molar-refractivity contribution in [3.05, 3.63) is 36.0 Å². The smallest absolute Gasteiger partial charge is 0.273 e. The first-order valence-corrected chi connectivity index (χ1v) is 10.0. The molecule has 0 saturated carbocycles. The summed E-state index contributed by atoms with van der Waals surface area (Å²) in [5.41, 5.74) is 1.16. The number of hydrogen-bond donors (Lipinski definition) is 1. The molecule has 2 aromatic rings. The fraction of sp³-hybridized carbons (Fsp3) is 0.524. The molecule has 7 nitrogen and oxygen atoms in total. The SMILES string of the molecule is CCOc1ccc(-c2cc(C(=O)NCC(C)N3CCN(CC)CC3)no2)cc1. The number of aromatic nitrogens is 1. The summed E-state index contributed by atoms with van der Waals surface area (Å²) in [6.07, 6.45) is 0. The maximum absolute atomic E-state index is 12.4. The molecule has 1 amide bonds. The average molecular weight is 386 g/mol. The van der Waals surface area contributed by atoms with Crippen LogP contribution < -0.4 is 10.1 Å². The molecule has 1 N–H and O–H groups in total. The van der Waals surface area contributed by atoms with E-state index in [2.05, 4.69) is 34.1 Å². The topological polar surface area (TPSA) is 70.8 Å². The van der Waals surface area contributed by atoms with E-state index in [1.165, 1.54) is 0 Å². The van der Waals surface area contributed by atoms with Crippen LogP contribution in [-0.2, 0) is 0 Å². The molecule has 1 fully saturated rings. The molecular weight excluding hydrogens is 356 g/mol. The maximum Gasteiger partial charge on any atom is 0.273 e. The Hall–Kier alpha value is -2.38. The van der Waals surface area contributed by atoms with E-state index in [1.807, 2.05) is 31.2 Å². The lowest BCUT2D eigenvalue weighted by atomic mass is 10.1. The van der Waals surface area contributed by atoms with Gasteiger partial charge >= 0.3 is 0 Å². The molecule has 28 heavy (non-hydrogen) atoms. The number of rotatable bonds is 8. The highest BCUT2D eigenvalue weighted by atomic mass is 16.5. The van der Waals surface area contributed by atoms with Crippen molar-refractivity contribution in [2.75, 3.05) is 45.9 Å². The van der Waals surface area contributed by atoms with E-state index < -0.39 is 0 Å². The molecule has 1 saturated heterocycles. The second kappa shape index (κ2) is 9.71. The van der Waals surface area contributed by atoms with Gasteiger partial charge in [-0.05, 0) is 44.7 Å². The van der Waals surface area contributed by atoms with Crippen LogP contribution >= 0.6 is 0 Å². The summed E-state index contributed by atoms with van der Waals surface area (Å²) in [5, 5.41) is 6.90. The van der Waals surface area contributed by atoms with Gasteiger partial charge in [0.1, 0.15) is 5.75 Å². The number of carbonyl (C=O) groups is 1. The van der Waals surface area contributed by atoms with Gasteiger partial charge in [-0.2, -0.15) is 0 Å². The fourth-order valence-corrected chi connectivity index (χ4v) is 3.38. The van der Waals surface area contributed by atoms with Gasteiger partial charge in [0.25, 0.3) is 5.91 Å². The summed E-state index contributed by atoms with van der Waals surface area (Å²) in [5.74, 6) is 1.16. The second-order valence-corrected chi connectivity index (χ2v) is 7.06. The van der Waals surface area contributed by atoms with E-state index in [9.17, 15) is 4.79 Å². The zero-order valence-electron chi connectivity index (χ0n) is 17.0. The lowest BCUT2D eigenvalue weighted by Gasteiger charge is -2.37. The van der Waals surface area contributed by atoms with Crippen LogP contribution in [0, 0.1) is 0 Å². The number of benzene rings is 1. The molecule has 152 valence electrons. The summed E-state index contributed by atoms with van der Waals surface area (Å²) in [4.78, 5) is 17.3. The van der Waals surface area contributed by atoms with Crippen LogP contribution in [0.2, 0.25) is 0 Å². The second-order valence-electron chi connectivity index (χ2n) is 7.06. The van der Waals surface area contributed by atoms with Crippen molar-refractivity contribution >= 4 is 5.91 Å². The Morgan fingerprint density at radius 3 is 2.57 bits per heavy atom. The van der Waals surface area contributed by atoms with E-state index in [1.54, 1.807) is 6.07 Å². The van der Waals surface area contributed by atoms with Gasteiger partial charge in [0.2, 0.25) is 0 Å². The monoisotopic (exact) mass is 386 g/mol. The molecule has 3 rings (SSSR count). The standard InChI is InChI=1S/C21H30N4O3/c1-4-24-10-12-25(13-11-24)16(3)15-22-21(26)19-14-20(28-23-19)17-6-8-18(9-7-17)27-5-2/h6-9,14,16H,4-5,10-13,15H2,1-3H3,(H,22,26). The van der Waals surface area contributed by atoms with Gasteiger partial charge in [-0.15, -0.1) is 0 Å². The van der Waals surface area contributed by atoms with Gasteiger partial charge in [-0.1, -0.05) is 12.1 Å². The van der Waals surface area contributed by atoms with Gasteiger partial charge in [0.15, 0.2) is 11.5 Å². The normalized spacial score (nSPS) is 16.7. The van der Waals surface area contributed by atoms with E-state index >= 15 is 0 Å². The van der Waals surface area contributed by atoms with Gasteiger partial charge in [-0.25, -0.2) is 0 Å². The first-order valence-electron chi connectivity index (χ1n) is 10.0. The maximum atomic E-state index is 12.4. The van der Waals surface area contributed by atoms with Crippen molar-refractivity contribution in [1.82, 2.24) is 20.3 Å². The van der Waals surface area contributed by atoms with Crippen molar-refractivity contribution in [2.45, 2.75) is 26.8 Å². The van der Waals surface area contributed by atoms with Crippen LogP contribution in [0.5, 0.6) is 5.75 Å². The Kier molecular flexibility index (Phi) is 7.06. The first-order chi connectivity index (χ1) is 13.6. The quantitative estimate of drug-likeness (QED) is 0.752. The van der Waals surface area contributed by atoms with Crippen LogP contribution in [-0.4, -0.2) is 72.8 Å². The highest BCUT2D eigenvalue weighted by molar-refractivity contribution is 5.93. The van der Waals surface area contributed by atoms with Crippen molar-refractivity contribution in [3.63, 3.8) is 0 Å². The molecule has 2 heterocycles. The van der Waals surface area contributed by atoms with E-state index in [4.69, 9.17) is 9.26 Å². The van der Waals surface area contributed by atoms with Gasteiger partial charge in [-0.3, -0.25) is 9.69 Å². The molecule has 0 radical (unpaired) electrons. The van der Waals surface area contributed by atoms with Crippen molar-refractivity contribution in [3.8, 4) is 17.1 Å². The highest BCUT2D eigenvalue weighted by Gasteiger charge is 2.21. The Labute approximate surface area is 166 Å². The summed E-state index contributed by atoms with van der Waals surface area (Å²) in [7, 11) is 0. The van der Waals surface area contributed by atoms with Gasteiger partial charge in [0.05, 0.1) is 6.61 Å². The average Bonchev–Trinajstić information content (AvgIpc) is 3.23. The highest BCUT2D eigenvalue weighted by Crippen LogP contribution is 2.23. The Morgan fingerprint density at radius 1 is 1.21 bits per heavy atom. The fourth-order valence-electron chi connectivity index (χ4n) is 3.38. The number of nitrogens with one attached hydrogen (secondary N) is 1. The lowest BCUT2D eigenvalue weighted by Crippen LogP contribution is -2.52. The number of piperazine rings is 1. The summed E-state index contributed by atoms with van der Waals surface area (Å²) >= 11 is 0. The van der Waals surface area contributed by atoms with Crippen molar-refractivity contribution in [2.24, 2.45) is 0 Å². The molecule has 1 aromatic carbocycles. The number of likely N-dealkylation sites (N-methyl/N-ethyl adjacent to an activating group) is 1. The predicted molar refractivity (Wildman–Crippen MR) is 109 cm³/mol. The minimum Gasteiger partial charge on any atom is -0.494 e. The van der Waals surface area contributed by atoms with Crippen LogP contribution in [0.4, 0.5) is 0 Å². The Balaban J connectivity index is 1.51. The zero-order chi connectivity index (χ0) is 19.9. The third-order valence-corrected chi connectivity index (χ3v) is 5.23. The molecule has 1 aliphatic heterocycles. The number of amides is 1. The molecule has 1 aromatic heterocycles. The van der Waals surface area contributed by atoms with Crippen LogP contribution in [0.3, 0.4) is 0 Å². The first kappa shape index (κ1) is 20.4. The summed E-state index contributed by atoms with van der Waals surface area (Å²) < 4.78 is 10.8. The van der Waals surface area contributed by atoms with Gasteiger partial charge < -0.3 is 19.5 Å². The van der Waals surface area contributed by atoms with E-state index in [0.29, 0.717) is 30.6 Å². The molecule has 0 aliphatic carbocycles. The lowest BCUT2D eigenvalue weighted by molar-refractivity contribution is 0.0876. The minimum atomic E-state index is -0.208. The van der Waals surface area contributed by atoms with E-state index in [-0.39, 0.29) is 5.91 Å². The van der Waals surface area contributed by atoms with Gasteiger partial charge in [0, 0.05) is 50.4 Å². The molecule has 7 heteroatoms. The summed E-state index contributed by atoms with van der Waals surface area (Å²) in [6, 6.07) is 9.51. The van der Waals surface area contributed by atoms with Crippen molar-refractivity contribution < 1.29 is 14.1 Å². The Bertz CT molecular complexity index is 751. The van der Waals surface area contributed by atoms with Crippen LogP contribution in [0.15, 0.2) is 34.9 Å². The third-order valence-electron chi connectivity index (χ3n) is 5.23. The number of carbonyl (C=O) groups excluding carboxylic acids is 1. The molecule has 1 aliphatic rings. The number of hydrogen-bond acceptors (Lipinski definition) is 6. The minimum absolute atomic E-state index is 0.208. The molecule has 0 bridgehead atoms. The Morgan fingerprint density at radius 2 is 1.93 bits per heavy atom. The molecule has 0 spiro atoms.